The Kier molecular flexibility index (Phi) is 7.39. The Morgan fingerprint density at radius 1 is 1.43 bits per heavy atom. The van der Waals surface area contributed by atoms with Crippen molar-refractivity contribution >= 4 is 6.09 Å². The van der Waals surface area contributed by atoms with E-state index in [9.17, 15) is 9.90 Å². The summed E-state index contributed by atoms with van der Waals surface area (Å²) in [6.07, 6.45) is 5.64. The summed E-state index contributed by atoms with van der Waals surface area (Å²) in [6, 6.07) is 8.67. The van der Waals surface area contributed by atoms with Crippen LogP contribution >= 0.6 is 0 Å². The first kappa shape index (κ1) is 16.5. The highest BCUT2D eigenvalue weighted by Crippen LogP contribution is 2.11. The molecule has 4 N–H and O–H groups in total. The first-order valence-electron chi connectivity index (χ1n) is 6.50. The molecule has 0 spiro atoms. The zero-order valence-corrected chi connectivity index (χ0v) is 11.7. The fraction of sp³-hybridized carbons (Fsp3) is 0.188. The van der Waals surface area contributed by atoms with E-state index in [4.69, 9.17) is 10.5 Å². The predicted molar refractivity (Wildman–Crippen MR) is 82.4 cm³/mol. The molecule has 5 heteroatoms. The second-order valence-electron chi connectivity index (χ2n) is 4.20. The van der Waals surface area contributed by atoms with E-state index in [1.54, 1.807) is 18.2 Å². The van der Waals surface area contributed by atoms with Crippen molar-refractivity contribution in [2.75, 3.05) is 13.2 Å². The van der Waals surface area contributed by atoms with E-state index >= 15 is 0 Å². The van der Waals surface area contributed by atoms with Gasteiger partial charge in [-0.15, -0.1) is 0 Å². The number of allylic oxidation sites excluding steroid dienone is 2. The second-order valence-corrected chi connectivity index (χ2v) is 4.20. The van der Waals surface area contributed by atoms with Gasteiger partial charge < -0.3 is 20.9 Å². The van der Waals surface area contributed by atoms with Crippen LogP contribution in [0.25, 0.3) is 0 Å². The Bertz CT molecular complexity index is 510. The van der Waals surface area contributed by atoms with Gasteiger partial charge >= 0.3 is 6.09 Å². The molecule has 1 rings (SSSR count). The lowest BCUT2D eigenvalue weighted by atomic mass is 10.1. The van der Waals surface area contributed by atoms with Gasteiger partial charge in [-0.05, 0) is 23.4 Å². The van der Waals surface area contributed by atoms with E-state index in [1.807, 2.05) is 30.3 Å². The van der Waals surface area contributed by atoms with E-state index < -0.39 is 12.1 Å². The molecule has 0 unspecified atom stereocenters. The first-order chi connectivity index (χ1) is 10.2. The summed E-state index contributed by atoms with van der Waals surface area (Å²) in [4.78, 5) is 11.7. The lowest BCUT2D eigenvalue weighted by Gasteiger charge is -2.16. The van der Waals surface area contributed by atoms with E-state index in [0.29, 0.717) is 5.57 Å². The zero-order chi connectivity index (χ0) is 15.5. The van der Waals surface area contributed by atoms with Crippen molar-refractivity contribution in [1.29, 1.82) is 0 Å². The molecule has 1 atom stereocenters. The number of nitrogens with one attached hydrogen (secondary N) is 1. The van der Waals surface area contributed by atoms with Crippen molar-refractivity contribution in [3.63, 3.8) is 0 Å². The molecule has 0 heterocycles. The van der Waals surface area contributed by atoms with Crippen LogP contribution < -0.4 is 11.1 Å². The number of nitrogens with two attached hydrogens (primary N) is 1. The molecule has 1 aromatic rings. The van der Waals surface area contributed by atoms with E-state index in [1.165, 1.54) is 6.20 Å². The third-order valence-electron chi connectivity index (χ3n) is 2.69. The summed E-state index contributed by atoms with van der Waals surface area (Å²) < 4.78 is 5.08. The van der Waals surface area contributed by atoms with Gasteiger partial charge in [0.25, 0.3) is 0 Å². The fourth-order valence-electron chi connectivity index (χ4n) is 1.68. The van der Waals surface area contributed by atoms with Gasteiger partial charge in [0, 0.05) is 0 Å². The monoisotopic (exact) mass is 288 g/mol. The SMILES string of the molecule is C=C/C=C(\C=C/N)COC(=O)N[C@@H](CO)c1ccccc1. The topological polar surface area (TPSA) is 84.6 Å². The maximum absolute atomic E-state index is 11.7. The number of aliphatic hydroxyl groups is 1. The number of ether oxygens (including phenoxy) is 1. The summed E-state index contributed by atoms with van der Waals surface area (Å²) in [7, 11) is 0. The second kappa shape index (κ2) is 9.39. The van der Waals surface area contributed by atoms with Crippen molar-refractivity contribution in [2.24, 2.45) is 5.73 Å². The number of aliphatic hydroxyl groups excluding tert-OH is 1. The Hall–Kier alpha value is -2.53. The molecule has 5 nitrogen and oxygen atoms in total. The van der Waals surface area contributed by atoms with Crippen molar-refractivity contribution in [1.82, 2.24) is 5.32 Å². The number of benzene rings is 1. The minimum absolute atomic E-state index is 0.0679. The normalized spacial score (nSPS) is 12.9. The van der Waals surface area contributed by atoms with E-state index in [-0.39, 0.29) is 13.2 Å². The molecule has 0 radical (unpaired) electrons. The maximum atomic E-state index is 11.7. The molecule has 0 aliphatic carbocycles. The van der Waals surface area contributed by atoms with Gasteiger partial charge in [0.05, 0.1) is 12.6 Å². The fourth-order valence-corrected chi connectivity index (χ4v) is 1.68. The summed E-state index contributed by atoms with van der Waals surface area (Å²) in [5.41, 5.74) is 6.82. The molecule has 0 aliphatic rings. The van der Waals surface area contributed by atoms with Gasteiger partial charge in [-0.1, -0.05) is 49.1 Å². The summed E-state index contributed by atoms with van der Waals surface area (Å²) in [6.45, 7) is 3.43. The Morgan fingerprint density at radius 2 is 2.14 bits per heavy atom. The van der Waals surface area contributed by atoms with Crippen LogP contribution in [0.3, 0.4) is 0 Å². The number of alkyl carbamates (subject to hydrolysis) is 1. The molecule has 0 aliphatic heterocycles. The quantitative estimate of drug-likeness (QED) is 0.670. The maximum Gasteiger partial charge on any atom is 0.408 e. The molecular weight excluding hydrogens is 268 g/mol. The Morgan fingerprint density at radius 3 is 2.71 bits per heavy atom. The molecule has 0 saturated carbocycles. The molecule has 0 saturated heterocycles. The van der Waals surface area contributed by atoms with Gasteiger partial charge in [-0.3, -0.25) is 0 Å². The molecule has 112 valence electrons. The van der Waals surface area contributed by atoms with Crippen LogP contribution in [0.4, 0.5) is 4.79 Å². The molecule has 1 aromatic carbocycles. The third kappa shape index (κ3) is 5.97. The third-order valence-corrected chi connectivity index (χ3v) is 2.69. The highest BCUT2D eigenvalue weighted by atomic mass is 16.5. The van der Waals surface area contributed by atoms with Crippen LogP contribution in [0.5, 0.6) is 0 Å². The standard InChI is InChI=1S/C16H20N2O3/c1-2-6-13(9-10-17)12-21-16(20)18-15(11-19)14-7-4-3-5-8-14/h2-10,15,19H,1,11-12,17H2,(H,18,20)/b10-9-,13-6+/t15-/m0/s1. The van der Waals surface area contributed by atoms with Gasteiger partial charge in [0.2, 0.25) is 0 Å². The van der Waals surface area contributed by atoms with Crippen molar-refractivity contribution in [3.05, 3.63) is 72.5 Å². The molecule has 1 amide bonds. The summed E-state index contributed by atoms with van der Waals surface area (Å²) in [5.74, 6) is 0. The van der Waals surface area contributed by atoms with Crippen LogP contribution in [-0.4, -0.2) is 24.4 Å². The first-order valence-corrected chi connectivity index (χ1v) is 6.50. The number of amides is 1. The Balaban J connectivity index is 2.56. The van der Waals surface area contributed by atoms with Crippen LogP contribution in [-0.2, 0) is 4.74 Å². The molecule has 21 heavy (non-hydrogen) atoms. The smallest absolute Gasteiger partial charge is 0.408 e. The molecule has 0 bridgehead atoms. The lowest BCUT2D eigenvalue weighted by molar-refractivity contribution is 0.144. The van der Waals surface area contributed by atoms with Gasteiger partial charge in [0.1, 0.15) is 6.61 Å². The largest absolute Gasteiger partial charge is 0.445 e. The van der Waals surface area contributed by atoms with Crippen LogP contribution in [0.1, 0.15) is 11.6 Å². The predicted octanol–water partition coefficient (Wildman–Crippen LogP) is 2.03. The lowest BCUT2D eigenvalue weighted by Crippen LogP contribution is -2.31. The summed E-state index contributed by atoms with van der Waals surface area (Å²) >= 11 is 0. The number of hydrogen-bond acceptors (Lipinski definition) is 4. The average Bonchev–Trinajstić information content (AvgIpc) is 2.51. The minimum atomic E-state index is -0.613. The van der Waals surface area contributed by atoms with Crippen LogP contribution in [0.15, 0.2) is 66.9 Å². The molecule has 0 fully saturated rings. The number of rotatable bonds is 7. The van der Waals surface area contributed by atoms with Gasteiger partial charge in [0.15, 0.2) is 0 Å². The number of hydrogen-bond donors (Lipinski definition) is 3. The molecular formula is C16H20N2O3. The number of carbonyl (C=O) groups excluding carboxylic acids is 1. The highest BCUT2D eigenvalue weighted by Gasteiger charge is 2.14. The average molecular weight is 288 g/mol. The van der Waals surface area contributed by atoms with Gasteiger partial charge in [-0.25, -0.2) is 4.79 Å². The molecule has 0 aromatic heterocycles. The van der Waals surface area contributed by atoms with E-state index in [2.05, 4.69) is 11.9 Å². The number of carbonyl (C=O) groups is 1. The van der Waals surface area contributed by atoms with Crippen molar-refractivity contribution in [2.45, 2.75) is 6.04 Å². The van der Waals surface area contributed by atoms with Gasteiger partial charge in [-0.2, -0.15) is 0 Å². The van der Waals surface area contributed by atoms with Crippen LogP contribution in [0, 0.1) is 0 Å². The minimum Gasteiger partial charge on any atom is -0.445 e. The highest BCUT2D eigenvalue weighted by molar-refractivity contribution is 5.68. The zero-order valence-electron chi connectivity index (χ0n) is 11.7. The van der Waals surface area contributed by atoms with Crippen LogP contribution in [0.2, 0.25) is 0 Å². The van der Waals surface area contributed by atoms with Crippen molar-refractivity contribution in [3.8, 4) is 0 Å². The van der Waals surface area contributed by atoms with Crippen molar-refractivity contribution < 1.29 is 14.6 Å². The van der Waals surface area contributed by atoms with E-state index in [0.717, 1.165) is 5.56 Å². The Labute approximate surface area is 124 Å². The summed E-state index contributed by atoms with van der Waals surface area (Å²) in [5, 5.41) is 12.0.